The van der Waals surface area contributed by atoms with Crippen molar-refractivity contribution in [1.82, 2.24) is 19.7 Å². The van der Waals surface area contributed by atoms with E-state index in [-0.39, 0.29) is 17.9 Å². The number of anilines is 2. The van der Waals surface area contributed by atoms with Crippen molar-refractivity contribution >= 4 is 23.6 Å². The molecule has 1 fully saturated rings. The minimum Gasteiger partial charge on any atom is -0.497 e. The zero-order chi connectivity index (χ0) is 18.7. The third-order valence-electron chi connectivity index (χ3n) is 4.36. The fourth-order valence-electron chi connectivity index (χ4n) is 2.85. The molecule has 1 aliphatic heterocycles. The van der Waals surface area contributed by atoms with Crippen LogP contribution in [0, 0.1) is 0 Å². The van der Waals surface area contributed by atoms with Gasteiger partial charge in [-0.15, -0.1) is 5.10 Å². The Bertz CT molecular complexity index is 805. The van der Waals surface area contributed by atoms with E-state index in [1.807, 2.05) is 31.2 Å². The summed E-state index contributed by atoms with van der Waals surface area (Å²) < 4.78 is 6.83. The zero-order valence-electron chi connectivity index (χ0n) is 15.0. The van der Waals surface area contributed by atoms with Gasteiger partial charge in [-0.2, -0.15) is 0 Å². The van der Waals surface area contributed by atoms with Crippen LogP contribution in [-0.4, -0.2) is 57.8 Å². The number of urea groups is 1. The predicted molar refractivity (Wildman–Crippen MR) is 96.2 cm³/mol. The maximum Gasteiger partial charge on any atom is 0.325 e. The molecular weight excluding hydrogens is 336 g/mol. The molecule has 1 unspecified atom stereocenters. The Morgan fingerprint density at radius 2 is 2.19 bits per heavy atom. The Balaban J connectivity index is 1.69. The summed E-state index contributed by atoms with van der Waals surface area (Å²) in [5.41, 5.74) is 0.754. The van der Waals surface area contributed by atoms with Crippen LogP contribution >= 0.6 is 0 Å². The molecule has 1 saturated heterocycles. The number of hydrogen-bond acceptors (Lipinski definition) is 5. The van der Waals surface area contributed by atoms with Gasteiger partial charge in [-0.05, 0) is 26.0 Å². The number of carbonyl (C=O) groups is 2. The van der Waals surface area contributed by atoms with Crippen LogP contribution in [-0.2, 0) is 11.3 Å². The summed E-state index contributed by atoms with van der Waals surface area (Å²) in [6.45, 7) is 5.12. The normalized spacial score (nSPS) is 17.3. The Labute approximate surface area is 151 Å². The third-order valence-corrected chi connectivity index (χ3v) is 4.36. The summed E-state index contributed by atoms with van der Waals surface area (Å²) in [7, 11) is 1.58. The number of aromatic nitrogens is 3. The van der Waals surface area contributed by atoms with Crippen molar-refractivity contribution in [3.63, 3.8) is 0 Å². The third kappa shape index (κ3) is 3.46. The molecule has 1 N–H and O–H groups in total. The summed E-state index contributed by atoms with van der Waals surface area (Å²) in [6.07, 6.45) is 1.55. The lowest BCUT2D eigenvalue weighted by Crippen LogP contribution is -2.58. The van der Waals surface area contributed by atoms with Crippen LogP contribution in [0.3, 0.4) is 0 Å². The number of aryl methyl sites for hydroxylation is 1. The highest BCUT2D eigenvalue weighted by atomic mass is 16.5. The average molecular weight is 358 g/mol. The number of methoxy groups -OCH3 is 1. The summed E-state index contributed by atoms with van der Waals surface area (Å²) in [5, 5.41) is 6.77. The van der Waals surface area contributed by atoms with Crippen LogP contribution < -0.4 is 15.0 Å². The van der Waals surface area contributed by atoms with Crippen molar-refractivity contribution in [3.8, 4) is 5.75 Å². The molecular formula is C17H22N6O3. The fraction of sp³-hybridized carbons (Fsp3) is 0.412. The van der Waals surface area contributed by atoms with E-state index in [4.69, 9.17) is 4.74 Å². The summed E-state index contributed by atoms with van der Waals surface area (Å²) in [4.78, 5) is 32.5. The van der Waals surface area contributed by atoms with Crippen molar-refractivity contribution in [2.75, 3.05) is 30.4 Å². The Kier molecular flexibility index (Phi) is 5.06. The van der Waals surface area contributed by atoms with E-state index in [9.17, 15) is 9.59 Å². The van der Waals surface area contributed by atoms with Gasteiger partial charge in [0.1, 0.15) is 18.1 Å². The molecule has 0 aliphatic carbocycles. The van der Waals surface area contributed by atoms with E-state index < -0.39 is 6.04 Å². The van der Waals surface area contributed by atoms with Gasteiger partial charge in [0.25, 0.3) is 0 Å². The molecule has 2 heterocycles. The Morgan fingerprint density at radius 1 is 1.38 bits per heavy atom. The van der Waals surface area contributed by atoms with Crippen LogP contribution in [0.5, 0.6) is 5.75 Å². The monoisotopic (exact) mass is 358 g/mol. The minimum absolute atomic E-state index is 0.147. The second kappa shape index (κ2) is 7.42. The number of ether oxygens (including phenoxy) is 1. The number of nitrogens with one attached hydrogen (secondary N) is 1. The standard InChI is InChI=1S/C17H22N6O3/c1-4-21-11-18-16(20-21)19-17(25)22-8-9-23(15(24)12(22)2)13-6-5-7-14(10-13)26-3/h5-7,10-12H,4,8-9H2,1-3H3,(H,19,20,25). The molecule has 138 valence electrons. The van der Waals surface area contributed by atoms with Crippen molar-refractivity contribution in [3.05, 3.63) is 30.6 Å². The van der Waals surface area contributed by atoms with E-state index >= 15 is 0 Å². The van der Waals surface area contributed by atoms with Gasteiger partial charge in [0, 0.05) is 31.4 Å². The number of benzene rings is 1. The molecule has 9 heteroatoms. The average Bonchev–Trinajstić information content (AvgIpc) is 3.11. The molecule has 0 radical (unpaired) electrons. The number of carbonyl (C=O) groups excluding carboxylic acids is 2. The van der Waals surface area contributed by atoms with E-state index in [1.54, 1.807) is 29.9 Å². The van der Waals surface area contributed by atoms with Crippen LogP contribution in [0.2, 0.25) is 0 Å². The predicted octanol–water partition coefficient (Wildman–Crippen LogP) is 1.58. The number of piperazine rings is 1. The zero-order valence-corrected chi connectivity index (χ0v) is 15.0. The first-order valence-corrected chi connectivity index (χ1v) is 8.46. The number of rotatable bonds is 4. The lowest BCUT2D eigenvalue weighted by molar-refractivity contribution is -0.123. The highest BCUT2D eigenvalue weighted by Gasteiger charge is 2.35. The first-order chi connectivity index (χ1) is 12.5. The van der Waals surface area contributed by atoms with Gasteiger partial charge >= 0.3 is 6.03 Å². The summed E-state index contributed by atoms with van der Waals surface area (Å²) in [5.74, 6) is 0.763. The van der Waals surface area contributed by atoms with Gasteiger partial charge in [0.05, 0.1) is 7.11 Å². The largest absolute Gasteiger partial charge is 0.497 e. The molecule has 0 spiro atoms. The number of amides is 3. The molecule has 1 aliphatic rings. The molecule has 1 aromatic heterocycles. The molecule has 2 aromatic rings. The molecule has 3 amide bonds. The first kappa shape index (κ1) is 17.7. The van der Waals surface area contributed by atoms with E-state index in [2.05, 4.69) is 15.4 Å². The van der Waals surface area contributed by atoms with Gasteiger partial charge in [-0.1, -0.05) is 6.07 Å². The maximum absolute atomic E-state index is 12.8. The van der Waals surface area contributed by atoms with Crippen molar-refractivity contribution in [1.29, 1.82) is 0 Å². The molecule has 9 nitrogen and oxygen atoms in total. The topological polar surface area (TPSA) is 92.6 Å². The molecule has 26 heavy (non-hydrogen) atoms. The van der Waals surface area contributed by atoms with Gasteiger partial charge < -0.3 is 14.5 Å². The Morgan fingerprint density at radius 3 is 2.88 bits per heavy atom. The van der Waals surface area contributed by atoms with Gasteiger partial charge in [-0.3, -0.25) is 14.8 Å². The molecule has 1 atom stereocenters. The van der Waals surface area contributed by atoms with Crippen molar-refractivity contribution in [2.24, 2.45) is 0 Å². The van der Waals surface area contributed by atoms with E-state index in [0.29, 0.717) is 25.4 Å². The van der Waals surface area contributed by atoms with Crippen LogP contribution in [0.1, 0.15) is 13.8 Å². The molecule has 0 saturated carbocycles. The SMILES string of the molecule is CCn1cnc(NC(=O)N2CCN(c3cccc(OC)c3)C(=O)C2C)n1. The summed E-state index contributed by atoms with van der Waals surface area (Å²) >= 11 is 0. The van der Waals surface area contributed by atoms with E-state index in [0.717, 1.165) is 5.69 Å². The number of nitrogens with zero attached hydrogens (tertiary/aromatic N) is 5. The lowest BCUT2D eigenvalue weighted by atomic mass is 10.1. The minimum atomic E-state index is -0.594. The maximum atomic E-state index is 12.8. The Hall–Kier alpha value is -3.10. The second-order valence-electron chi connectivity index (χ2n) is 5.91. The van der Waals surface area contributed by atoms with Crippen LogP contribution in [0.4, 0.5) is 16.4 Å². The van der Waals surface area contributed by atoms with E-state index in [1.165, 1.54) is 4.90 Å². The number of hydrogen-bond donors (Lipinski definition) is 1. The summed E-state index contributed by atoms with van der Waals surface area (Å²) in [6, 6.07) is 6.34. The quantitative estimate of drug-likeness (QED) is 0.896. The highest BCUT2D eigenvalue weighted by molar-refractivity contribution is 6.01. The second-order valence-corrected chi connectivity index (χ2v) is 5.91. The molecule has 1 aromatic carbocycles. The molecule has 3 rings (SSSR count). The van der Waals surface area contributed by atoms with Crippen molar-refractivity contribution in [2.45, 2.75) is 26.4 Å². The van der Waals surface area contributed by atoms with Crippen LogP contribution in [0.25, 0.3) is 0 Å². The van der Waals surface area contributed by atoms with Crippen molar-refractivity contribution < 1.29 is 14.3 Å². The smallest absolute Gasteiger partial charge is 0.325 e. The fourth-order valence-corrected chi connectivity index (χ4v) is 2.85. The van der Waals surface area contributed by atoms with Gasteiger partial charge in [0.2, 0.25) is 11.9 Å². The molecule has 0 bridgehead atoms. The lowest BCUT2D eigenvalue weighted by Gasteiger charge is -2.38. The van der Waals surface area contributed by atoms with Gasteiger partial charge in [-0.25, -0.2) is 9.78 Å². The first-order valence-electron chi connectivity index (χ1n) is 8.46. The van der Waals surface area contributed by atoms with Gasteiger partial charge in [0.15, 0.2) is 0 Å². The highest BCUT2D eigenvalue weighted by Crippen LogP contribution is 2.24. The van der Waals surface area contributed by atoms with Crippen LogP contribution in [0.15, 0.2) is 30.6 Å².